The van der Waals surface area contributed by atoms with Gasteiger partial charge in [0, 0.05) is 0 Å². The van der Waals surface area contributed by atoms with E-state index in [1.165, 1.54) is 38.5 Å². The topological polar surface area (TPSA) is 172 Å². The molecule has 0 aromatic heterocycles. The van der Waals surface area contributed by atoms with Crippen LogP contribution in [0.2, 0.25) is 0 Å². The molecule has 0 bridgehead atoms. The molecule has 0 rings (SSSR count). The fourth-order valence-corrected chi connectivity index (χ4v) is 0. The third-order valence-corrected chi connectivity index (χ3v) is 2.12. The summed E-state index contributed by atoms with van der Waals surface area (Å²) in [6.07, 6.45) is 13.7. The van der Waals surface area contributed by atoms with Gasteiger partial charge in [-0.1, -0.05) is 80.1 Å². The summed E-state index contributed by atoms with van der Waals surface area (Å²) in [6.45, 7) is 34.3. The van der Waals surface area contributed by atoms with E-state index in [0.717, 1.165) is 38.5 Å². The third-order valence-electron chi connectivity index (χ3n) is 2.12. The van der Waals surface area contributed by atoms with Gasteiger partial charge in [0.2, 0.25) is 0 Å². The van der Waals surface area contributed by atoms with Crippen LogP contribution in [-0.4, -0.2) is 0 Å². The molecule has 0 saturated heterocycles. The number of hydrogen-bond acceptors (Lipinski definition) is 8. The molecular formula is C24H54O8P2W3-6. The minimum atomic E-state index is -5.39. The van der Waals surface area contributed by atoms with Crippen LogP contribution in [0.15, 0.2) is 0 Å². The van der Waals surface area contributed by atoms with E-state index in [4.69, 9.17) is 38.5 Å². The summed E-state index contributed by atoms with van der Waals surface area (Å²) in [5, 5.41) is 0. The molecule has 0 saturated carbocycles. The van der Waals surface area contributed by atoms with Gasteiger partial charge in [-0.25, -0.2) is 0 Å². The Kier molecular flexibility index (Phi) is 150. The van der Waals surface area contributed by atoms with E-state index in [9.17, 15) is 0 Å². The molecule has 8 nitrogen and oxygen atoms in total. The summed E-state index contributed by atoms with van der Waals surface area (Å²) in [6, 6.07) is 0. The standard InChI is InChI=1S/6C4H9.2H3O4P.3W/c6*1-3-4-2;2*1-5(2,3)4;;;/h6*1,3-4H2,2H3;2*(H3,1,2,3,4);;;/q6*-1;;;3*+2/p-6. The summed E-state index contributed by atoms with van der Waals surface area (Å²) in [4.78, 5) is 51.3. The second-order valence-corrected chi connectivity index (χ2v) is 7.80. The van der Waals surface area contributed by atoms with Crippen molar-refractivity contribution >= 4 is 15.6 Å². The van der Waals surface area contributed by atoms with Gasteiger partial charge < -0.3 is 80.0 Å². The quantitative estimate of drug-likeness (QED) is 0.283. The maximum Gasteiger partial charge on any atom is 2.00 e. The van der Waals surface area contributed by atoms with Crippen molar-refractivity contribution in [2.75, 3.05) is 0 Å². The monoisotopic (exact) mass is 1080 g/mol. The van der Waals surface area contributed by atoms with Crippen LogP contribution in [0.3, 0.4) is 0 Å². The van der Waals surface area contributed by atoms with Crippen LogP contribution < -0.4 is 29.4 Å². The van der Waals surface area contributed by atoms with E-state index < -0.39 is 15.6 Å². The summed E-state index contributed by atoms with van der Waals surface area (Å²) in [5.74, 6) is 0. The van der Waals surface area contributed by atoms with Crippen molar-refractivity contribution in [3.8, 4) is 0 Å². The second kappa shape index (κ2) is 77.0. The maximum absolute atomic E-state index is 8.55. The maximum atomic E-state index is 8.55. The largest absolute Gasteiger partial charge is 2.00 e. The van der Waals surface area contributed by atoms with Gasteiger partial charge in [-0.2, -0.15) is 54.2 Å². The van der Waals surface area contributed by atoms with Gasteiger partial charge in [0.15, 0.2) is 0 Å². The fourth-order valence-electron chi connectivity index (χ4n) is 0. The number of phosphoric acid groups is 2. The number of unbranched alkanes of at least 4 members (excludes halogenated alkanes) is 6. The molecule has 0 aliphatic carbocycles. The molecule has 0 atom stereocenters. The Morgan fingerprint density at radius 1 is 0.378 bits per heavy atom. The molecule has 13 heteroatoms. The zero-order valence-corrected chi connectivity index (χ0v) is 34.7. The van der Waals surface area contributed by atoms with E-state index in [0.29, 0.717) is 0 Å². The van der Waals surface area contributed by atoms with Gasteiger partial charge >= 0.3 is 63.2 Å². The molecule has 0 aromatic carbocycles. The first kappa shape index (κ1) is 72.0. The van der Waals surface area contributed by atoms with Crippen LogP contribution >= 0.6 is 15.6 Å². The van der Waals surface area contributed by atoms with Crippen LogP contribution in [0, 0.1) is 41.5 Å². The molecule has 0 aliphatic heterocycles. The molecule has 37 heavy (non-hydrogen) atoms. The van der Waals surface area contributed by atoms with Gasteiger partial charge in [-0.3, -0.25) is 0 Å². The van der Waals surface area contributed by atoms with E-state index in [1.54, 1.807) is 0 Å². The van der Waals surface area contributed by atoms with Crippen molar-refractivity contribution in [3.63, 3.8) is 0 Å². The minimum Gasteiger partial charge on any atom is -0.822 e. The van der Waals surface area contributed by atoms with Crippen LogP contribution in [-0.2, 0) is 72.3 Å². The SMILES string of the molecule is O=P([O-])([O-])[O-].O=P([O-])([O-])[O-].[CH2-]CCC.[CH2-]CCC.[CH2-]CCC.[CH2-]CCC.[CH2-]CCC.[CH2-]CCC.[W+2].[W+2].[W+2]. The van der Waals surface area contributed by atoms with Gasteiger partial charge in [0.25, 0.3) is 0 Å². The summed E-state index contributed by atoms with van der Waals surface area (Å²) in [7, 11) is -10.8. The summed E-state index contributed by atoms with van der Waals surface area (Å²) in [5.41, 5.74) is 0. The number of rotatable bonds is 6. The van der Waals surface area contributed by atoms with Crippen molar-refractivity contribution < 1.29 is 102 Å². The van der Waals surface area contributed by atoms with E-state index in [-0.39, 0.29) is 63.2 Å². The molecule has 0 fully saturated rings. The van der Waals surface area contributed by atoms with Crippen molar-refractivity contribution in [2.45, 2.75) is 119 Å². The molecule has 0 unspecified atom stereocenters. The molecule has 0 amide bonds. The van der Waals surface area contributed by atoms with Gasteiger partial charge in [-0.05, 0) is 0 Å². The summed E-state index contributed by atoms with van der Waals surface area (Å²) >= 11 is 0. The first-order valence-electron chi connectivity index (χ1n) is 11.7. The predicted octanol–water partition coefficient (Wildman–Crippen LogP) is 4.07. The van der Waals surface area contributed by atoms with Crippen molar-refractivity contribution in [3.05, 3.63) is 41.5 Å². The average molecular weight is 1080 g/mol. The Morgan fingerprint density at radius 3 is 0.405 bits per heavy atom. The Hall–Kier alpha value is 2.28. The van der Waals surface area contributed by atoms with Crippen LogP contribution in [0.1, 0.15) is 119 Å². The molecule has 0 aromatic rings. The van der Waals surface area contributed by atoms with Gasteiger partial charge in [0.05, 0.1) is 0 Å². The van der Waals surface area contributed by atoms with E-state index >= 15 is 0 Å². The Balaban J connectivity index is -0.0000000230. The first-order valence-corrected chi connectivity index (χ1v) is 14.6. The number of hydrogen-bond donors (Lipinski definition) is 0. The first-order chi connectivity index (χ1) is 15.5. The Labute approximate surface area is 275 Å². The predicted molar refractivity (Wildman–Crippen MR) is 137 cm³/mol. The Bertz CT molecular complexity index is 268. The fraction of sp³-hybridized carbons (Fsp3) is 0.750. The molecule has 0 aliphatic rings. The second-order valence-electron chi connectivity index (χ2n) is 6.02. The van der Waals surface area contributed by atoms with Crippen LogP contribution in [0.5, 0.6) is 0 Å². The minimum absolute atomic E-state index is 0. The zero-order chi connectivity index (χ0) is 29.5. The van der Waals surface area contributed by atoms with Crippen LogP contribution in [0.25, 0.3) is 0 Å². The van der Waals surface area contributed by atoms with Crippen molar-refractivity contribution in [2.24, 2.45) is 0 Å². The molecule has 0 spiro atoms. The van der Waals surface area contributed by atoms with E-state index in [2.05, 4.69) is 83.1 Å². The smallest absolute Gasteiger partial charge is 0.822 e. The van der Waals surface area contributed by atoms with Gasteiger partial charge in [-0.15, -0.1) is 0 Å². The van der Waals surface area contributed by atoms with Crippen molar-refractivity contribution in [1.82, 2.24) is 0 Å². The normalized spacial score (nSPS) is 8.05. The zero-order valence-electron chi connectivity index (χ0n) is 24.1. The van der Waals surface area contributed by atoms with Gasteiger partial charge in [0.1, 0.15) is 0 Å². The van der Waals surface area contributed by atoms with E-state index in [1.807, 2.05) is 0 Å². The molecule has 0 radical (unpaired) electrons. The summed E-state index contributed by atoms with van der Waals surface area (Å²) < 4.78 is 17.1. The van der Waals surface area contributed by atoms with Crippen molar-refractivity contribution in [1.29, 1.82) is 0 Å². The molecule has 232 valence electrons. The molecule has 0 heterocycles. The molecular weight excluding hydrogens is 1030 g/mol. The Morgan fingerprint density at radius 2 is 0.405 bits per heavy atom. The molecule has 0 N–H and O–H groups in total. The van der Waals surface area contributed by atoms with Crippen LogP contribution in [0.4, 0.5) is 0 Å². The third kappa shape index (κ3) is 734. The average Bonchev–Trinajstić information content (AvgIpc) is 2.77.